The summed E-state index contributed by atoms with van der Waals surface area (Å²) >= 11 is 0. The monoisotopic (exact) mass is 291 g/mol. The van der Waals surface area contributed by atoms with Gasteiger partial charge in [0.25, 0.3) is 5.91 Å². The molecule has 0 radical (unpaired) electrons. The van der Waals surface area contributed by atoms with Crippen LogP contribution in [-0.2, 0) is 4.74 Å². The summed E-state index contributed by atoms with van der Waals surface area (Å²) in [5, 5.41) is 11.6. The van der Waals surface area contributed by atoms with Gasteiger partial charge in [-0.2, -0.15) is 0 Å². The highest BCUT2D eigenvalue weighted by atomic mass is 19.1. The van der Waals surface area contributed by atoms with Crippen LogP contribution in [0.2, 0.25) is 0 Å². The molecule has 0 aromatic heterocycles. The first-order valence-corrected chi connectivity index (χ1v) is 6.89. The van der Waals surface area contributed by atoms with Crippen LogP contribution in [0.3, 0.4) is 0 Å². The maximum absolute atomic E-state index is 13.4. The van der Waals surface area contributed by atoms with Crippen molar-refractivity contribution in [3.63, 3.8) is 0 Å². The van der Waals surface area contributed by atoms with E-state index in [0.29, 0.717) is 18.8 Å². The van der Waals surface area contributed by atoms with Crippen LogP contribution >= 0.6 is 0 Å². The summed E-state index contributed by atoms with van der Waals surface area (Å²) in [4.78, 5) is 12.3. The molecule has 2 unspecified atom stereocenters. The Bertz CT molecular complexity index is 571. The van der Waals surface area contributed by atoms with Gasteiger partial charge in [-0.25, -0.2) is 4.39 Å². The largest absolute Gasteiger partial charge is 0.384 e. The van der Waals surface area contributed by atoms with Crippen LogP contribution in [0.1, 0.15) is 29.3 Å². The quantitative estimate of drug-likeness (QED) is 0.826. The minimum Gasteiger partial charge on any atom is -0.384 e. The first-order chi connectivity index (χ1) is 10.1. The van der Waals surface area contributed by atoms with Crippen molar-refractivity contribution in [3.8, 4) is 11.8 Å². The number of nitrogens with one attached hydrogen (secondary N) is 1. The number of hydrogen-bond acceptors (Lipinski definition) is 3. The molecule has 2 rings (SSSR count). The van der Waals surface area contributed by atoms with Gasteiger partial charge in [0, 0.05) is 24.1 Å². The Morgan fingerprint density at radius 1 is 1.62 bits per heavy atom. The molecular formula is C16H18FNO3. The van der Waals surface area contributed by atoms with Crippen molar-refractivity contribution in [2.75, 3.05) is 19.8 Å². The molecule has 4 nitrogen and oxygen atoms in total. The van der Waals surface area contributed by atoms with E-state index in [9.17, 15) is 9.18 Å². The first kappa shape index (κ1) is 15.5. The molecule has 1 heterocycles. The minimum absolute atomic E-state index is 0.0538. The number of aliphatic hydroxyl groups excluding tert-OH is 1. The lowest BCUT2D eigenvalue weighted by Crippen LogP contribution is -2.38. The van der Waals surface area contributed by atoms with Crippen molar-refractivity contribution >= 4 is 5.91 Å². The molecule has 2 N–H and O–H groups in total. The first-order valence-electron chi connectivity index (χ1n) is 6.89. The highest BCUT2D eigenvalue weighted by Gasteiger charge is 2.24. The van der Waals surface area contributed by atoms with Crippen molar-refractivity contribution in [1.82, 2.24) is 5.32 Å². The molecule has 1 aromatic rings. The smallest absolute Gasteiger partial charge is 0.252 e. The number of aliphatic hydroxyl groups is 1. The summed E-state index contributed by atoms with van der Waals surface area (Å²) in [6.45, 7) is 2.93. The third-order valence-corrected chi connectivity index (χ3v) is 3.56. The van der Waals surface area contributed by atoms with Gasteiger partial charge >= 0.3 is 0 Å². The number of halogens is 1. The molecule has 0 saturated carbocycles. The lowest BCUT2D eigenvalue weighted by Gasteiger charge is -2.19. The average molecular weight is 291 g/mol. The Labute approximate surface area is 123 Å². The van der Waals surface area contributed by atoms with Crippen LogP contribution in [0.5, 0.6) is 0 Å². The molecule has 5 heteroatoms. The highest BCUT2D eigenvalue weighted by molar-refractivity contribution is 5.96. The Morgan fingerprint density at radius 2 is 2.43 bits per heavy atom. The molecule has 1 saturated heterocycles. The molecule has 1 aliphatic heterocycles. The van der Waals surface area contributed by atoms with Crippen LogP contribution in [0.4, 0.5) is 4.39 Å². The number of rotatable bonds is 3. The zero-order valence-electron chi connectivity index (χ0n) is 11.9. The number of ether oxygens (including phenoxy) is 1. The highest BCUT2D eigenvalue weighted by Crippen LogP contribution is 2.17. The van der Waals surface area contributed by atoms with E-state index in [1.165, 1.54) is 12.1 Å². The Hall–Kier alpha value is -1.90. The molecule has 1 amide bonds. The Balaban J connectivity index is 2.15. The predicted octanol–water partition coefficient (Wildman–Crippen LogP) is 1.32. The fourth-order valence-corrected chi connectivity index (χ4v) is 2.30. The van der Waals surface area contributed by atoms with E-state index in [-0.39, 0.29) is 30.0 Å². The zero-order valence-corrected chi connectivity index (χ0v) is 11.9. The summed E-state index contributed by atoms with van der Waals surface area (Å²) in [5.41, 5.74) is 0.583. The summed E-state index contributed by atoms with van der Waals surface area (Å²) in [7, 11) is 0. The van der Waals surface area contributed by atoms with E-state index in [0.717, 1.165) is 12.5 Å². The van der Waals surface area contributed by atoms with E-state index in [4.69, 9.17) is 9.84 Å². The molecule has 112 valence electrons. The lowest BCUT2D eigenvalue weighted by molar-refractivity contribution is 0.0921. The third kappa shape index (κ3) is 4.03. The number of amides is 1. The molecule has 21 heavy (non-hydrogen) atoms. The van der Waals surface area contributed by atoms with E-state index < -0.39 is 5.82 Å². The zero-order chi connectivity index (χ0) is 15.2. The van der Waals surface area contributed by atoms with Crippen LogP contribution < -0.4 is 5.32 Å². The van der Waals surface area contributed by atoms with Crippen LogP contribution in [0.15, 0.2) is 18.2 Å². The van der Waals surface area contributed by atoms with E-state index in [2.05, 4.69) is 17.2 Å². The van der Waals surface area contributed by atoms with E-state index >= 15 is 0 Å². The van der Waals surface area contributed by atoms with Gasteiger partial charge in [0.05, 0.1) is 12.2 Å². The maximum Gasteiger partial charge on any atom is 0.252 e. The van der Waals surface area contributed by atoms with Gasteiger partial charge in [0.1, 0.15) is 12.4 Å². The van der Waals surface area contributed by atoms with Crippen LogP contribution in [-0.4, -0.2) is 36.9 Å². The molecule has 0 aliphatic carbocycles. The van der Waals surface area contributed by atoms with Crippen molar-refractivity contribution in [2.24, 2.45) is 5.92 Å². The molecule has 1 aliphatic rings. The second-order valence-electron chi connectivity index (χ2n) is 5.04. The van der Waals surface area contributed by atoms with Crippen molar-refractivity contribution < 1.29 is 19.0 Å². The molecule has 0 bridgehead atoms. The Kier molecular flexibility index (Phi) is 5.32. The maximum atomic E-state index is 13.4. The number of carbonyl (C=O) groups is 1. The topological polar surface area (TPSA) is 58.6 Å². The summed E-state index contributed by atoms with van der Waals surface area (Å²) < 4.78 is 18.7. The molecule has 0 spiro atoms. The van der Waals surface area contributed by atoms with Gasteiger partial charge in [-0.05, 0) is 31.5 Å². The molecule has 1 fully saturated rings. The van der Waals surface area contributed by atoms with Crippen molar-refractivity contribution in [3.05, 3.63) is 35.1 Å². The number of benzene rings is 1. The normalized spacial score (nSPS) is 18.7. The fourth-order valence-electron chi connectivity index (χ4n) is 2.30. The van der Waals surface area contributed by atoms with Gasteiger partial charge in [-0.15, -0.1) is 0 Å². The summed E-state index contributed by atoms with van der Waals surface area (Å²) in [5.74, 6) is 4.55. The van der Waals surface area contributed by atoms with E-state index in [1.807, 2.05) is 6.92 Å². The standard InChI is InChI=1S/C16H18FNO3/c1-11(13-6-8-21-10-13)18-16(20)15-9-14(17)5-4-12(15)3-2-7-19/h4-5,9,11,13,19H,6-8,10H2,1H3,(H,18,20). The predicted molar refractivity (Wildman–Crippen MR) is 76.2 cm³/mol. The van der Waals surface area contributed by atoms with Gasteiger partial charge < -0.3 is 15.2 Å². The van der Waals surface area contributed by atoms with E-state index in [1.54, 1.807) is 0 Å². The molecular weight excluding hydrogens is 273 g/mol. The van der Waals surface area contributed by atoms with Gasteiger partial charge in [-0.1, -0.05) is 11.8 Å². The third-order valence-electron chi connectivity index (χ3n) is 3.56. The summed E-state index contributed by atoms with van der Waals surface area (Å²) in [6.07, 6.45) is 0.905. The lowest BCUT2D eigenvalue weighted by atomic mass is 9.99. The fraction of sp³-hybridized carbons (Fsp3) is 0.438. The van der Waals surface area contributed by atoms with Crippen molar-refractivity contribution in [2.45, 2.75) is 19.4 Å². The van der Waals surface area contributed by atoms with Crippen LogP contribution in [0.25, 0.3) is 0 Å². The van der Waals surface area contributed by atoms with Gasteiger partial charge in [-0.3, -0.25) is 4.79 Å². The molecule has 2 atom stereocenters. The SMILES string of the molecule is CC(NC(=O)c1cc(F)ccc1C#CCO)C1CCOC1. The van der Waals surface area contributed by atoms with Gasteiger partial charge in [0.2, 0.25) is 0 Å². The average Bonchev–Trinajstić information content (AvgIpc) is 3.00. The van der Waals surface area contributed by atoms with Crippen LogP contribution in [0, 0.1) is 23.6 Å². The second-order valence-corrected chi connectivity index (χ2v) is 5.04. The van der Waals surface area contributed by atoms with Crippen molar-refractivity contribution in [1.29, 1.82) is 0 Å². The second kappa shape index (κ2) is 7.21. The number of hydrogen-bond donors (Lipinski definition) is 2. The Morgan fingerprint density at radius 3 is 3.10 bits per heavy atom. The number of carbonyl (C=O) groups excluding carboxylic acids is 1. The molecule has 1 aromatic carbocycles. The van der Waals surface area contributed by atoms with Gasteiger partial charge in [0.15, 0.2) is 0 Å². The summed E-state index contributed by atoms with van der Waals surface area (Å²) in [6, 6.07) is 3.79. The minimum atomic E-state index is -0.494.